The maximum atomic E-state index is 13.0. The Kier molecular flexibility index (Phi) is 8.58. The number of halogens is 1. The summed E-state index contributed by atoms with van der Waals surface area (Å²) < 4.78 is 44.2. The van der Waals surface area contributed by atoms with Crippen molar-refractivity contribution in [1.82, 2.24) is 9.21 Å². The molecule has 0 bridgehead atoms. The molecule has 1 fully saturated rings. The zero-order valence-corrected chi connectivity index (χ0v) is 17.8. The van der Waals surface area contributed by atoms with Gasteiger partial charge >= 0.3 is 5.97 Å². The van der Waals surface area contributed by atoms with Crippen LogP contribution in [0.4, 0.5) is 4.39 Å². The molecule has 0 saturated carbocycles. The van der Waals surface area contributed by atoms with Crippen molar-refractivity contribution >= 4 is 21.9 Å². The van der Waals surface area contributed by atoms with Gasteiger partial charge < -0.3 is 9.64 Å². The average Bonchev–Trinajstić information content (AvgIpc) is 2.97. The quantitative estimate of drug-likeness (QED) is 0.594. The van der Waals surface area contributed by atoms with Crippen molar-refractivity contribution < 1.29 is 27.1 Å². The fraction of sp³-hybridized carbons (Fsp3) is 0.600. The summed E-state index contributed by atoms with van der Waals surface area (Å²) in [4.78, 5) is 26.2. The lowest BCUT2D eigenvalue weighted by Crippen LogP contribution is -2.40. The van der Waals surface area contributed by atoms with Crippen LogP contribution in [-0.4, -0.2) is 62.3 Å². The minimum atomic E-state index is -3.75. The minimum absolute atomic E-state index is 0.000891. The van der Waals surface area contributed by atoms with E-state index in [1.54, 1.807) is 11.8 Å². The lowest BCUT2D eigenvalue weighted by atomic mass is 10.2. The van der Waals surface area contributed by atoms with Crippen LogP contribution in [0.3, 0.4) is 0 Å². The number of hydrogen-bond acceptors (Lipinski definition) is 5. The third kappa shape index (κ3) is 6.78. The number of amides is 1. The van der Waals surface area contributed by atoms with E-state index in [0.29, 0.717) is 13.1 Å². The van der Waals surface area contributed by atoms with Gasteiger partial charge in [0, 0.05) is 33.1 Å². The van der Waals surface area contributed by atoms with Gasteiger partial charge in [0.25, 0.3) is 5.91 Å². The normalized spacial score (nSPS) is 16.3. The first-order chi connectivity index (χ1) is 13.7. The summed E-state index contributed by atoms with van der Waals surface area (Å²) in [6.07, 6.45) is 3.53. The first kappa shape index (κ1) is 23.3. The number of hydrogen-bond donors (Lipinski definition) is 0. The molecular weight excluding hydrogens is 399 g/mol. The number of nitrogens with zero attached hydrogens (tertiary/aromatic N) is 2. The highest BCUT2D eigenvalue weighted by Crippen LogP contribution is 2.16. The van der Waals surface area contributed by atoms with Gasteiger partial charge in [-0.2, -0.15) is 0 Å². The average molecular weight is 429 g/mol. The molecule has 162 valence electrons. The zero-order valence-electron chi connectivity index (χ0n) is 17.0. The van der Waals surface area contributed by atoms with Gasteiger partial charge in [-0.3, -0.25) is 9.59 Å². The monoisotopic (exact) mass is 428 g/mol. The zero-order chi connectivity index (χ0) is 21.4. The van der Waals surface area contributed by atoms with Crippen LogP contribution >= 0.6 is 0 Å². The molecule has 1 amide bonds. The van der Waals surface area contributed by atoms with E-state index >= 15 is 0 Å². The van der Waals surface area contributed by atoms with Gasteiger partial charge in [-0.15, -0.1) is 0 Å². The number of rotatable bonds is 8. The number of ether oxygens (including phenoxy) is 1. The van der Waals surface area contributed by atoms with Gasteiger partial charge in [-0.1, -0.05) is 12.8 Å². The highest BCUT2D eigenvalue weighted by atomic mass is 32.2. The van der Waals surface area contributed by atoms with Crippen molar-refractivity contribution in [1.29, 1.82) is 0 Å². The summed E-state index contributed by atoms with van der Waals surface area (Å²) in [5.74, 6) is -1.23. The summed E-state index contributed by atoms with van der Waals surface area (Å²) in [6.45, 7) is 3.04. The molecule has 1 aliphatic heterocycles. The largest absolute Gasteiger partial charge is 0.453 e. The van der Waals surface area contributed by atoms with Crippen LogP contribution in [0.1, 0.15) is 45.4 Å². The van der Waals surface area contributed by atoms with E-state index in [9.17, 15) is 22.4 Å². The number of sulfonamides is 1. The topological polar surface area (TPSA) is 84.0 Å². The molecule has 1 heterocycles. The van der Waals surface area contributed by atoms with Crippen LogP contribution in [0.25, 0.3) is 0 Å². The summed E-state index contributed by atoms with van der Waals surface area (Å²) in [5, 5.41) is 0. The molecule has 1 unspecified atom stereocenters. The maximum Gasteiger partial charge on any atom is 0.306 e. The molecule has 29 heavy (non-hydrogen) atoms. The number of carbonyl (C=O) groups excluding carboxylic acids is 2. The molecule has 2 rings (SSSR count). The fourth-order valence-electron chi connectivity index (χ4n) is 3.21. The molecule has 1 saturated heterocycles. The Hall–Kier alpha value is -2.00. The highest BCUT2D eigenvalue weighted by Gasteiger charge is 2.25. The van der Waals surface area contributed by atoms with Crippen molar-refractivity contribution in [3.8, 4) is 0 Å². The van der Waals surface area contributed by atoms with E-state index in [4.69, 9.17) is 4.74 Å². The van der Waals surface area contributed by atoms with E-state index in [1.807, 2.05) is 0 Å². The van der Waals surface area contributed by atoms with Crippen LogP contribution in [0.5, 0.6) is 0 Å². The number of esters is 1. The molecule has 0 aromatic heterocycles. The Morgan fingerprint density at radius 1 is 1.14 bits per heavy atom. The Morgan fingerprint density at radius 3 is 2.31 bits per heavy atom. The van der Waals surface area contributed by atoms with E-state index < -0.39 is 27.9 Å². The molecule has 1 aromatic carbocycles. The van der Waals surface area contributed by atoms with E-state index in [0.717, 1.165) is 42.1 Å². The first-order valence-corrected chi connectivity index (χ1v) is 11.4. The Labute approximate surface area is 171 Å². The van der Waals surface area contributed by atoms with E-state index in [-0.39, 0.29) is 30.2 Å². The van der Waals surface area contributed by atoms with Crippen LogP contribution < -0.4 is 0 Å². The molecule has 0 N–H and O–H groups in total. The fourth-order valence-corrected chi connectivity index (χ4v) is 4.42. The van der Waals surface area contributed by atoms with Crippen molar-refractivity contribution in [3.05, 3.63) is 30.1 Å². The molecule has 0 spiro atoms. The Balaban J connectivity index is 1.78. The van der Waals surface area contributed by atoms with Crippen LogP contribution in [0.2, 0.25) is 0 Å². The minimum Gasteiger partial charge on any atom is -0.453 e. The lowest BCUT2D eigenvalue weighted by molar-refractivity contribution is -0.159. The second-order valence-electron chi connectivity index (χ2n) is 7.26. The Bertz CT molecular complexity index is 790. The van der Waals surface area contributed by atoms with Crippen molar-refractivity contribution in [2.45, 2.75) is 56.4 Å². The van der Waals surface area contributed by atoms with Gasteiger partial charge in [0.05, 0.1) is 4.90 Å². The standard InChI is InChI=1S/C20H29FN2O5S/c1-16(20(25)23-14-5-3-4-6-15-23)28-19(24)8-7-13-22(2)29(26,27)18-11-9-17(21)10-12-18/h9-12,16H,3-8,13-15H2,1-2H3. The second-order valence-corrected chi connectivity index (χ2v) is 9.30. The number of likely N-dealkylation sites (tertiary alicyclic amines) is 1. The molecule has 0 radical (unpaired) electrons. The van der Waals surface area contributed by atoms with E-state index in [1.165, 1.54) is 19.2 Å². The summed E-state index contributed by atoms with van der Waals surface area (Å²) >= 11 is 0. The molecule has 1 aromatic rings. The van der Waals surface area contributed by atoms with Gasteiger partial charge in [-0.25, -0.2) is 17.1 Å². The predicted octanol–water partition coefficient (Wildman–Crippen LogP) is 2.56. The van der Waals surface area contributed by atoms with Crippen molar-refractivity contribution in [2.75, 3.05) is 26.7 Å². The molecule has 9 heteroatoms. The van der Waals surface area contributed by atoms with E-state index in [2.05, 4.69) is 0 Å². The van der Waals surface area contributed by atoms with Gasteiger partial charge in [0.15, 0.2) is 6.10 Å². The van der Waals surface area contributed by atoms with Crippen molar-refractivity contribution in [3.63, 3.8) is 0 Å². The lowest BCUT2D eigenvalue weighted by Gasteiger charge is -2.24. The molecule has 0 aliphatic carbocycles. The first-order valence-electron chi connectivity index (χ1n) is 9.92. The van der Waals surface area contributed by atoms with Crippen LogP contribution in [-0.2, 0) is 24.3 Å². The summed E-state index contributed by atoms with van der Waals surface area (Å²) in [5.41, 5.74) is 0. The summed E-state index contributed by atoms with van der Waals surface area (Å²) in [6, 6.07) is 4.57. The number of carbonyl (C=O) groups is 2. The smallest absolute Gasteiger partial charge is 0.306 e. The second kappa shape index (κ2) is 10.7. The Morgan fingerprint density at radius 2 is 1.72 bits per heavy atom. The third-order valence-corrected chi connectivity index (χ3v) is 6.82. The molecule has 7 nitrogen and oxygen atoms in total. The molecule has 1 aliphatic rings. The van der Waals surface area contributed by atoms with Crippen LogP contribution in [0, 0.1) is 5.82 Å². The number of benzene rings is 1. The van der Waals surface area contributed by atoms with Gasteiger partial charge in [0.1, 0.15) is 5.82 Å². The van der Waals surface area contributed by atoms with Crippen LogP contribution in [0.15, 0.2) is 29.2 Å². The SMILES string of the molecule is CC(OC(=O)CCCN(C)S(=O)(=O)c1ccc(F)cc1)C(=O)N1CCCCCC1. The van der Waals surface area contributed by atoms with Gasteiger partial charge in [-0.05, 0) is 50.5 Å². The molecule has 1 atom stereocenters. The predicted molar refractivity (Wildman–Crippen MR) is 106 cm³/mol. The molecular formula is C20H29FN2O5S. The highest BCUT2D eigenvalue weighted by molar-refractivity contribution is 7.89. The van der Waals surface area contributed by atoms with Crippen molar-refractivity contribution in [2.24, 2.45) is 0 Å². The van der Waals surface area contributed by atoms with Gasteiger partial charge in [0.2, 0.25) is 10.0 Å². The maximum absolute atomic E-state index is 13.0. The third-order valence-electron chi connectivity index (χ3n) is 4.95. The summed E-state index contributed by atoms with van der Waals surface area (Å²) in [7, 11) is -2.36.